The van der Waals surface area contributed by atoms with Gasteiger partial charge in [0.25, 0.3) is 0 Å². The summed E-state index contributed by atoms with van der Waals surface area (Å²) in [6.45, 7) is 0. The molecule has 230 valence electrons. The van der Waals surface area contributed by atoms with Gasteiger partial charge in [0.2, 0.25) is 0 Å². The van der Waals surface area contributed by atoms with Gasteiger partial charge in [0, 0.05) is 30.9 Å². The van der Waals surface area contributed by atoms with Crippen molar-refractivity contribution in [2.75, 3.05) is 4.90 Å². The first kappa shape index (κ1) is 27.9. The van der Waals surface area contributed by atoms with E-state index in [-0.39, 0.29) is 0 Å². The molecule has 49 heavy (non-hydrogen) atoms. The number of anilines is 3. The Bertz CT molecular complexity index is 2820. The third kappa shape index (κ3) is 4.47. The average molecular weight is 644 g/mol. The third-order valence-electron chi connectivity index (χ3n) is 9.66. The Kier molecular flexibility index (Phi) is 6.39. The lowest BCUT2D eigenvalue weighted by atomic mass is 9.98. The van der Waals surface area contributed by atoms with E-state index in [1.165, 1.54) is 47.6 Å². The van der Waals surface area contributed by atoms with Gasteiger partial charge in [-0.05, 0) is 70.1 Å². The van der Waals surface area contributed by atoms with Gasteiger partial charge in [0.05, 0.1) is 22.4 Å². The van der Waals surface area contributed by atoms with E-state index >= 15 is 0 Å². The molecular formula is C46H29NOS. The van der Waals surface area contributed by atoms with Crippen molar-refractivity contribution in [1.29, 1.82) is 0 Å². The van der Waals surface area contributed by atoms with Gasteiger partial charge in [0.1, 0.15) is 11.2 Å². The number of rotatable bonds is 5. The number of furan rings is 1. The molecule has 0 N–H and O–H groups in total. The number of fused-ring (bicyclic) bond motifs is 7. The minimum atomic E-state index is 0.871. The van der Waals surface area contributed by atoms with Gasteiger partial charge < -0.3 is 9.32 Å². The molecule has 0 unspecified atom stereocenters. The second-order valence-corrected chi connectivity index (χ2v) is 13.5. The van der Waals surface area contributed by atoms with Crippen LogP contribution >= 0.6 is 11.3 Å². The van der Waals surface area contributed by atoms with Gasteiger partial charge in [-0.3, -0.25) is 0 Å². The molecular weight excluding hydrogens is 615 g/mol. The smallest absolute Gasteiger partial charge is 0.137 e. The molecule has 10 aromatic rings. The van der Waals surface area contributed by atoms with E-state index < -0.39 is 0 Å². The van der Waals surface area contributed by atoms with E-state index in [1.807, 2.05) is 11.3 Å². The highest BCUT2D eigenvalue weighted by molar-refractivity contribution is 7.26. The Morgan fingerprint density at radius 3 is 1.94 bits per heavy atom. The van der Waals surface area contributed by atoms with E-state index in [0.29, 0.717) is 0 Å². The minimum absolute atomic E-state index is 0.871. The molecule has 3 heteroatoms. The zero-order chi connectivity index (χ0) is 32.3. The van der Waals surface area contributed by atoms with Crippen LogP contribution in [0.5, 0.6) is 0 Å². The maximum Gasteiger partial charge on any atom is 0.137 e. The zero-order valence-corrected chi connectivity index (χ0v) is 27.3. The second kappa shape index (κ2) is 11.2. The summed E-state index contributed by atoms with van der Waals surface area (Å²) < 4.78 is 9.22. The highest BCUT2D eigenvalue weighted by Crippen LogP contribution is 2.51. The number of benzene rings is 8. The number of hydrogen-bond donors (Lipinski definition) is 0. The number of nitrogens with zero attached hydrogens (tertiary/aromatic N) is 1. The lowest BCUT2D eigenvalue weighted by Crippen LogP contribution is -2.11. The summed E-state index contributed by atoms with van der Waals surface area (Å²) in [6.07, 6.45) is 0. The van der Waals surface area contributed by atoms with Crippen LogP contribution in [0.1, 0.15) is 0 Å². The van der Waals surface area contributed by atoms with Crippen molar-refractivity contribution in [1.82, 2.24) is 0 Å². The fourth-order valence-corrected chi connectivity index (χ4v) is 8.70. The largest absolute Gasteiger partial charge is 0.456 e. The summed E-state index contributed by atoms with van der Waals surface area (Å²) >= 11 is 1.87. The van der Waals surface area contributed by atoms with E-state index in [4.69, 9.17) is 4.42 Å². The first-order valence-electron chi connectivity index (χ1n) is 16.6. The van der Waals surface area contributed by atoms with Crippen molar-refractivity contribution in [3.05, 3.63) is 176 Å². The molecule has 0 saturated carbocycles. The number of thiophene rings is 1. The number of hydrogen-bond acceptors (Lipinski definition) is 3. The molecule has 0 atom stereocenters. The summed E-state index contributed by atoms with van der Waals surface area (Å²) in [5, 5.41) is 7.12. The molecule has 8 aromatic carbocycles. The highest BCUT2D eigenvalue weighted by atomic mass is 32.1. The van der Waals surface area contributed by atoms with Crippen molar-refractivity contribution in [2.45, 2.75) is 0 Å². The highest BCUT2D eigenvalue weighted by Gasteiger charge is 2.25. The van der Waals surface area contributed by atoms with Crippen LogP contribution in [0.2, 0.25) is 0 Å². The van der Waals surface area contributed by atoms with Crippen LogP contribution in [-0.2, 0) is 0 Å². The topological polar surface area (TPSA) is 16.4 Å². The fraction of sp³-hybridized carbons (Fsp3) is 0. The summed E-state index contributed by atoms with van der Waals surface area (Å²) in [5.41, 5.74) is 9.90. The summed E-state index contributed by atoms with van der Waals surface area (Å²) in [5.74, 6) is 0. The Balaban J connectivity index is 1.31. The van der Waals surface area contributed by atoms with Gasteiger partial charge in [-0.15, -0.1) is 11.3 Å². The second-order valence-electron chi connectivity index (χ2n) is 12.5. The van der Waals surface area contributed by atoms with E-state index in [1.54, 1.807) is 0 Å². The molecule has 0 fully saturated rings. The van der Waals surface area contributed by atoms with Crippen molar-refractivity contribution in [2.24, 2.45) is 0 Å². The maximum absolute atomic E-state index is 6.66. The Hall–Kier alpha value is -6.16. The van der Waals surface area contributed by atoms with Crippen LogP contribution in [0.25, 0.3) is 75.1 Å². The maximum atomic E-state index is 6.66. The molecule has 0 aliphatic heterocycles. The van der Waals surface area contributed by atoms with Gasteiger partial charge in [-0.2, -0.15) is 0 Å². The molecule has 10 rings (SSSR count). The quantitative estimate of drug-likeness (QED) is 0.186. The van der Waals surface area contributed by atoms with Gasteiger partial charge in [-0.1, -0.05) is 133 Å². The zero-order valence-electron chi connectivity index (χ0n) is 26.5. The van der Waals surface area contributed by atoms with Crippen molar-refractivity contribution in [3.63, 3.8) is 0 Å². The monoisotopic (exact) mass is 643 g/mol. The van der Waals surface area contributed by atoms with Gasteiger partial charge in [-0.25, -0.2) is 0 Å². The predicted octanol–water partition coefficient (Wildman–Crippen LogP) is 13.9. The molecule has 0 aliphatic rings. The van der Waals surface area contributed by atoms with Crippen molar-refractivity contribution in [3.8, 4) is 22.3 Å². The van der Waals surface area contributed by atoms with Crippen LogP contribution in [0.4, 0.5) is 17.1 Å². The summed E-state index contributed by atoms with van der Waals surface area (Å²) in [4.78, 5) is 2.47. The van der Waals surface area contributed by atoms with Crippen LogP contribution in [0.3, 0.4) is 0 Å². The fourth-order valence-electron chi connectivity index (χ4n) is 7.44. The van der Waals surface area contributed by atoms with Gasteiger partial charge >= 0.3 is 0 Å². The third-order valence-corrected chi connectivity index (χ3v) is 10.9. The van der Waals surface area contributed by atoms with Gasteiger partial charge in [0.15, 0.2) is 0 Å². The SMILES string of the molecule is c1ccc(-c2ccc3c(c2)oc2cccc(N(c4cccc5ccccc45)c4ccc(-c5ccccc5)c5sc6ccccc6c45)c23)cc1. The summed E-state index contributed by atoms with van der Waals surface area (Å²) in [6, 6.07) is 63.1. The Morgan fingerprint density at radius 2 is 1.08 bits per heavy atom. The Labute approximate surface area is 287 Å². The molecule has 0 spiro atoms. The van der Waals surface area contributed by atoms with E-state index in [0.717, 1.165) is 44.6 Å². The lowest BCUT2D eigenvalue weighted by molar-refractivity contribution is 0.669. The molecule has 2 nitrogen and oxygen atoms in total. The standard InChI is InChI=1S/C46H29NOS/c1-3-13-30(14-4-1)33-25-26-36-42(29-33)48-41-23-12-22-39(44(36)41)47(38-21-11-18-31-17-7-8-19-34(31)38)40-28-27-35(32-15-5-2-6-16-32)46-45(40)37-20-9-10-24-43(37)49-46/h1-29H. The van der Waals surface area contributed by atoms with Crippen molar-refractivity contribution < 1.29 is 4.42 Å². The summed E-state index contributed by atoms with van der Waals surface area (Å²) in [7, 11) is 0. The van der Waals surface area contributed by atoms with E-state index in [9.17, 15) is 0 Å². The minimum Gasteiger partial charge on any atom is -0.456 e. The first-order valence-corrected chi connectivity index (χ1v) is 17.4. The predicted molar refractivity (Wildman–Crippen MR) is 210 cm³/mol. The Morgan fingerprint density at radius 1 is 0.408 bits per heavy atom. The molecule has 0 radical (unpaired) electrons. The average Bonchev–Trinajstić information content (AvgIpc) is 3.75. The van der Waals surface area contributed by atoms with Crippen LogP contribution in [0.15, 0.2) is 180 Å². The normalized spacial score (nSPS) is 11.7. The first-order chi connectivity index (χ1) is 24.3. The molecule has 0 aliphatic carbocycles. The van der Waals surface area contributed by atoms with Crippen molar-refractivity contribution >= 4 is 81.3 Å². The van der Waals surface area contributed by atoms with Crippen LogP contribution < -0.4 is 4.90 Å². The lowest BCUT2D eigenvalue weighted by Gasteiger charge is -2.29. The molecule has 2 aromatic heterocycles. The molecule has 0 saturated heterocycles. The van der Waals surface area contributed by atoms with Crippen LogP contribution in [0, 0.1) is 0 Å². The molecule has 0 bridgehead atoms. The molecule has 2 heterocycles. The van der Waals surface area contributed by atoms with E-state index in [2.05, 4.69) is 181 Å². The van der Waals surface area contributed by atoms with Crippen LogP contribution in [-0.4, -0.2) is 0 Å². The molecule has 0 amide bonds.